The largest absolute Gasteiger partial charge is 0.369 e. The Balaban J connectivity index is 1.75. The molecule has 13 N–H and O–H groups in total. The number of rotatable bonds is 5. The molecule has 0 saturated carbocycles. The molecule has 214 valence electrons. The van der Waals surface area contributed by atoms with E-state index in [0.717, 1.165) is 0 Å². The number of benzene rings is 2. The van der Waals surface area contributed by atoms with E-state index in [1.807, 2.05) is 0 Å². The monoisotopic (exact) mass is 575 g/mol. The number of β-amino-alcohol motifs (C(OH)–C–C–N with tert-alkyl or cyclic N) is 4. The summed E-state index contributed by atoms with van der Waals surface area (Å²) in [4.78, 5) is 5.53. The van der Waals surface area contributed by atoms with Crippen LogP contribution in [0.3, 0.4) is 0 Å². The molecule has 4 rings (SSSR count). The first-order valence-electron chi connectivity index (χ1n) is 10.8. The molecule has 17 nitrogen and oxygen atoms in total. The third-order valence-corrected chi connectivity index (χ3v) is 6.91. The van der Waals surface area contributed by atoms with Crippen molar-refractivity contribution in [1.82, 2.24) is 9.80 Å². The maximum atomic E-state index is 10.9. The van der Waals surface area contributed by atoms with Crippen LogP contribution in [-0.2, 0) is 4.74 Å². The van der Waals surface area contributed by atoms with Crippen molar-refractivity contribution in [2.75, 3.05) is 13.1 Å². The Hall–Kier alpha value is -2.34. The van der Waals surface area contributed by atoms with Gasteiger partial charge in [-0.3, -0.25) is 4.74 Å². The van der Waals surface area contributed by atoms with Gasteiger partial charge in [-0.05, 0) is 18.2 Å². The van der Waals surface area contributed by atoms with Gasteiger partial charge >= 0.3 is 23.8 Å². The number of hydrogen-bond donors (Lipinski definition) is 13. The molecule has 2 aliphatic heterocycles. The summed E-state index contributed by atoms with van der Waals surface area (Å²) in [5, 5.41) is 130. The van der Waals surface area contributed by atoms with Gasteiger partial charge in [-0.15, -0.1) is 0 Å². The second kappa shape index (κ2) is 9.36. The summed E-state index contributed by atoms with van der Waals surface area (Å²) in [6, 6.07) is 13.0. The molecule has 2 aromatic rings. The average molecular weight is 576 g/mol. The van der Waals surface area contributed by atoms with E-state index in [4.69, 9.17) is 15.3 Å². The third-order valence-electron chi connectivity index (χ3n) is 5.77. The maximum Gasteiger partial charge on any atom is 0.369 e. The molecule has 0 radical (unpaired) electrons. The van der Waals surface area contributed by atoms with Crippen molar-refractivity contribution in [3.63, 3.8) is 0 Å². The van der Waals surface area contributed by atoms with Gasteiger partial charge in [0.25, 0.3) is 11.8 Å². The number of nitrogens with zero attached hydrogens (tertiary/aromatic N) is 3. The molecule has 18 heteroatoms. The number of ether oxygens (including phenoxy) is 1. The third kappa shape index (κ3) is 5.26. The number of para-hydroxylation sites is 1. The van der Waals surface area contributed by atoms with Crippen molar-refractivity contribution in [3.05, 3.63) is 54.1 Å². The number of hydrogen-bond acceptors (Lipinski definition) is 18. The van der Waals surface area contributed by atoms with Crippen LogP contribution in [-0.4, -0.2) is 131 Å². The van der Waals surface area contributed by atoms with Crippen LogP contribution in [0.15, 0.2) is 63.3 Å². The molecule has 0 aliphatic carbocycles. The van der Waals surface area contributed by atoms with Gasteiger partial charge in [0.1, 0.15) is 5.84 Å². The number of piperazine rings is 1. The van der Waals surface area contributed by atoms with Gasteiger partial charge in [0.2, 0.25) is 0 Å². The molecule has 0 unspecified atom stereocenters. The van der Waals surface area contributed by atoms with Crippen LogP contribution in [0.1, 0.15) is 5.56 Å². The molecular formula is C21H25N3O14S. The van der Waals surface area contributed by atoms with E-state index in [0.29, 0.717) is 15.5 Å². The van der Waals surface area contributed by atoms with Gasteiger partial charge in [0.05, 0.1) is 18.8 Å². The van der Waals surface area contributed by atoms with Crippen molar-refractivity contribution in [2.45, 2.75) is 45.4 Å². The molecule has 1 saturated heterocycles. The second-order valence-electron chi connectivity index (χ2n) is 8.83. The molecule has 0 atom stereocenters. The Morgan fingerprint density at radius 1 is 0.718 bits per heavy atom. The fourth-order valence-electron chi connectivity index (χ4n) is 3.94. The quantitative estimate of drug-likeness (QED) is 0.148. The van der Waals surface area contributed by atoms with E-state index in [9.17, 15) is 51.1 Å². The summed E-state index contributed by atoms with van der Waals surface area (Å²) < 4.78 is 3.65. The lowest BCUT2D eigenvalue weighted by Gasteiger charge is -2.55. The Morgan fingerprint density at radius 2 is 1.23 bits per heavy atom. The van der Waals surface area contributed by atoms with Crippen LogP contribution >= 0.6 is 11.8 Å². The molecule has 0 spiro atoms. The van der Waals surface area contributed by atoms with Crippen LogP contribution in [0.5, 0.6) is 0 Å². The Labute approximate surface area is 222 Å². The lowest BCUT2D eigenvalue weighted by Crippen LogP contribution is -2.80. The lowest BCUT2D eigenvalue weighted by atomic mass is 10.1. The number of aliphatic hydroxyl groups is 13. The van der Waals surface area contributed by atoms with Gasteiger partial charge < -0.3 is 66.4 Å². The first-order valence-corrected chi connectivity index (χ1v) is 11.6. The number of aliphatic imine (C=N–C) groups is 1. The average Bonchev–Trinajstić information content (AvgIpc) is 2.92. The summed E-state index contributed by atoms with van der Waals surface area (Å²) in [7, 11) is 0. The highest BCUT2D eigenvalue weighted by Gasteiger charge is 2.66. The van der Waals surface area contributed by atoms with Gasteiger partial charge in [0, 0.05) is 15.4 Å². The summed E-state index contributed by atoms with van der Waals surface area (Å²) >= 11 is 1.24. The minimum atomic E-state index is -4.69. The van der Waals surface area contributed by atoms with Crippen molar-refractivity contribution in [2.24, 2.45) is 4.99 Å². The standard InChI is InChI=1S/C21H25N3O14S/c25-16(26)9-23(18(29,30)20(34,35)38-21(36,37)19(31,32)33)10-17(27,28)24(16)15-11-5-1-3-7-13(11)39-14-8-4-2-6-12(14)22-15/h1-8,25-37H,9-10H2. The molecular weight excluding hydrogens is 550 g/mol. The summed E-state index contributed by atoms with van der Waals surface area (Å²) in [6.45, 7) is -2.95. The minimum Gasteiger partial charge on any atom is -0.348 e. The van der Waals surface area contributed by atoms with Crippen molar-refractivity contribution < 1.29 is 71.1 Å². The Bertz CT molecular complexity index is 1260. The second-order valence-corrected chi connectivity index (χ2v) is 9.91. The number of fused-ring (bicyclic) bond motifs is 2. The molecule has 0 aromatic heterocycles. The smallest absolute Gasteiger partial charge is 0.348 e. The van der Waals surface area contributed by atoms with E-state index < -0.39 is 54.6 Å². The fourth-order valence-corrected chi connectivity index (χ4v) is 4.95. The van der Waals surface area contributed by atoms with Gasteiger partial charge in [-0.2, -0.15) is 0 Å². The van der Waals surface area contributed by atoms with E-state index in [1.165, 1.54) is 17.8 Å². The van der Waals surface area contributed by atoms with E-state index in [1.54, 1.807) is 42.5 Å². The molecule has 2 aromatic carbocycles. The number of amidine groups is 1. The first-order chi connectivity index (χ1) is 17.7. The van der Waals surface area contributed by atoms with Crippen molar-refractivity contribution >= 4 is 23.3 Å². The van der Waals surface area contributed by atoms with Crippen LogP contribution in [0.25, 0.3) is 0 Å². The van der Waals surface area contributed by atoms with Gasteiger partial charge in [-0.1, -0.05) is 42.1 Å². The molecule has 0 amide bonds. The molecule has 1 fully saturated rings. The summed E-state index contributed by atoms with van der Waals surface area (Å²) in [5.74, 6) is -25.7. The fraction of sp³-hybridized carbons (Fsp3) is 0.381. The van der Waals surface area contributed by atoms with Gasteiger partial charge in [0.15, 0.2) is 0 Å². The molecule has 2 heterocycles. The van der Waals surface area contributed by atoms with E-state index in [2.05, 4.69) is 9.73 Å². The summed E-state index contributed by atoms with van der Waals surface area (Å²) in [6.07, 6.45) is 0. The van der Waals surface area contributed by atoms with E-state index in [-0.39, 0.29) is 15.4 Å². The highest BCUT2D eigenvalue weighted by atomic mass is 32.2. The van der Waals surface area contributed by atoms with Crippen molar-refractivity contribution in [1.29, 1.82) is 0 Å². The van der Waals surface area contributed by atoms with Crippen molar-refractivity contribution in [3.8, 4) is 0 Å². The lowest BCUT2D eigenvalue weighted by molar-refractivity contribution is -0.611. The predicted octanol–water partition coefficient (Wildman–Crippen LogP) is -5.31. The zero-order valence-corrected chi connectivity index (χ0v) is 20.3. The van der Waals surface area contributed by atoms with Crippen LogP contribution < -0.4 is 0 Å². The summed E-state index contributed by atoms with van der Waals surface area (Å²) in [5.41, 5.74) is 0.492. The highest BCUT2D eigenvalue weighted by Crippen LogP contribution is 2.43. The molecule has 39 heavy (non-hydrogen) atoms. The molecule has 2 aliphatic rings. The zero-order valence-electron chi connectivity index (χ0n) is 19.5. The highest BCUT2D eigenvalue weighted by molar-refractivity contribution is 7.99. The Kier molecular flexibility index (Phi) is 7.11. The minimum absolute atomic E-state index is 0.195. The normalized spacial score (nSPS) is 20.1. The van der Waals surface area contributed by atoms with E-state index >= 15 is 0 Å². The van der Waals surface area contributed by atoms with Crippen LogP contribution in [0.4, 0.5) is 5.69 Å². The predicted molar refractivity (Wildman–Crippen MR) is 123 cm³/mol. The van der Waals surface area contributed by atoms with Crippen LogP contribution in [0, 0.1) is 0 Å². The topological polar surface area (TPSA) is 291 Å². The van der Waals surface area contributed by atoms with Crippen LogP contribution in [0.2, 0.25) is 0 Å². The maximum absolute atomic E-state index is 10.9. The zero-order chi connectivity index (χ0) is 29.2. The molecule has 0 bridgehead atoms. The van der Waals surface area contributed by atoms with Gasteiger partial charge in [-0.25, -0.2) is 14.8 Å². The SMILES string of the molecule is OC1(O)CN(C(O)(O)C(O)(O)OC(O)(O)C(O)(O)O)CC(O)(O)N1C1=Nc2ccccc2Sc2ccccc21. The first kappa shape index (κ1) is 29.6. The Morgan fingerprint density at radius 3 is 1.79 bits per heavy atom.